The lowest BCUT2D eigenvalue weighted by atomic mass is 10.2. The fourth-order valence-corrected chi connectivity index (χ4v) is 2.10. The van der Waals surface area contributed by atoms with Crippen LogP contribution in [0.4, 0.5) is 5.95 Å². The lowest BCUT2D eigenvalue weighted by Crippen LogP contribution is -2.14. The van der Waals surface area contributed by atoms with Crippen LogP contribution in [0.5, 0.6) is 0 Å². The minimum Gasteiger partial charge on any atom is -0.350 e. The molecule has 3 rings (SSSR count). The molecular weight excluding hydrogens is 278 g/mol. The van der Waals surface area contributed by atoms with Crippen LogP contribution in [0.25, 0.3) is 5.78 Å². The van der Waals surface area contributed by atoms with Crippen LogP contribution in [-0.4, -0.2) is 19.6 Å². The largest absolute Gasteiger partial charge is 0.350 e. The van der Waals surface area contributed by atoms with Crippen molar-refractivity contribution in [2.24, 2.45) is 0 Å². The Labute approximate surface area is 119 Å². The maximum absolute atomic E-state index is 11.7. The molecule has 7 heteroatoms. The molecule has 0 unspecified atom stereocenters. The molecule has 0 bridgehead atoms. The minimum absolute atomic E-state index is 0.189. The van der Waals surface area contributed by atoms with E-state index in [0.29, 0.717) is 29.0 Å². The highest BCUT2D eigenvalue weighted by Crippen LogP contribution is 2.15. The Kier molecular flexibility index (Phi) is 3.15. The van der Waals surface area contributed by atoms with Crippen molar-refractivity contribution in [2.45, 2.75) is 13.5 Å². The van der Waals surface area contributed by atoms with Crippen LogP contribution in [0.15, 0.2) is 35.1 Å². The number of halogens is 1. The SMILES string of the molecule is Cc1cc(=O)n2[nH]c(NCc3ccccc3Cl)nc2n1. The summed E-state index contributed by atoms with van der Waals surface area (Å²) in [6.45, 7) is 2.26. The molecule has 0 aliphatic rings. The first-order valence-corrected chi connectivity index (χ1v) is 6.45. The van der Waals surface area contributed by atoms with E-state index >= 15 is 0 Å². The number of benzene rings is 1. The van der Waals surface area contributed by atoms with Gasteiger partial charge in [-0.25, -0.2) is 4.98 Å². The third kappa shape index (κ3) is 2.37. The van der Waals surface area contributed by atoms with Gasteiger partial charge in [0.25, 0.3) is 11.3 Å². The normalized spacial score (nSPS) is 10.9. The molecule has 2 N–H and O–H groups in total. The highest BCUT2D eigenvalue weighted by molar-refractivity contribution is 6.31. The van der Waals surface area contributed by atoms with Crippen LogP contribution in [-0.2, 0) is 6.54 Å². The molecule has 0 fully saturated rings. The molecule has 0 saturated heterocycles. The third-order valence-corrected chi connectivity index (χ3v) is 3.23. The Morgan fingerprint density at radius 1 is 1.35 bits per heavy atom. The van der Waals surface area contributed by atoms with Gasteiger partial charge in [0.15, 0.2) is 0 Å². The van der Waals surface area contributed by atoms with Gasteiger partial charge in [-0.3, -0.25) is 9.89 Å². The van der Waals surface area contributed by atoms with Crippen molar-refractivity contribution in [3.05, 3.63) is 57.0 Å². The Morgan fingerprint density at radius 3 is 2.95 bits per heavy atom. The molecule has 6 nitrogen and oxygen atoms in total. The Hall–Kier alpha value is -2.34. The molecule has 0 aliphatic carbocycles. The number of aromatic nitrogens is 4. The van der Waals surface area contributed by atoms with E-state index in [9.17, 15) is 4.79 Å². The van der Waals surface area contributed by atoms with E-state index in [4.69, 9.17) is 11.6 Å². The molecule has 3 aromatic rings. The first-order valence-electron chi connectivity index (χ1n) is 6.07. The summed E-state index contributed by atoms with van der Waals surface area (Å²) in [7, 11) is 0. The van der Waals surface area contributed by atoms with Crippen molar-refractivity contribution in [3.8, 4) is 0 Å². The number of nitrogens with one attached hydrogen (secondary N) is 2. The number of hydrogen-bond donors (Lipinski definition) is 2. The quantitative estimate of drug-likeness (QED) is 0.773. The van der Waals surface area contributed by atoms with Gasteiger partial charge in [0.05, 0.1) is 0 Å². The fraction of sp³-hybridized carbons (Fsp3) is 0.154. The standard InChI is InChI=1S/C13H12ClN5O/c1-8-6-11(20)19-13(16-8)17-12(18-19)15-7-9-4-2-3-5-10(9)14/h2-6H,7H2,1H3,(H2,15,16,17,18). The van der Waals surface area contributed by atoms with E-state index in [0.717, 1.165) is 5.56 Å². The van der Waals surface area contributed by atoms with E-state index in [1.54, 1.807) is 6.92 Å². The molecule has 2 aromatic heterocycles. The molecule has 2 heterocycles. The highest BCUT2D eigenvalue weighted by atomic mass is 35.5. The van der Waals surface area contributed by atoms with Gasteiger partial charge >= 0.3 is 0 Å². The zero-order valence-corrected chi connectivity index (χ0v) is 11.5. The van der Waals surface area contributed by atoms with Crippen molar-refractivity contribution < 1.29 is 0 Å². The van der Waals surface area contributed by atoms with E-state index < -0.39 is 0 Å². The predicted molar refractivity (Wildman–Crippen MR) is 77.1 cm³/mol. The fourth-order valence-electron chi connectivity index (χ4n) is 1.89. The second-order valence-corrected chi connectivity index (χ2v) is 4.80. The molecule has 0 spiro atoms. The van der Waals surface area contributed by atoms with Crippen molar-refractivity contribution in [1.82, 2.24) is 19.6 Å². The number of fused-ring (bicyclic) bond motifs is 1. The van der Waals surface area contributed by atoms with Crippen molar-refractivity contribution >= 4 is 23.3 Å². The van der Waals surface area contributed by atoms with E-state index in [2.05, 4.69) is 20.4 Å². The van der Waals surface area contributed by atoms with Crippen LogP contribution in [0.1, 0.15) is 11.3 Å². The van der Waals surface area contributed by atoms with Crippen LogP contribution in [0, 0.1) is 6.92 Å². The molecule has 102 valence electrons. The topological polar surface area (TPSA) is 75.1 Å². The molecule has 0 saturated carbocycles. The first kappa shape index (κ1) is 12.7. The second kappa shape index (κ2) is 4.97. The number of anilines is 1. The Bertz CT molecular complexity index is 823. The number of hydrogen-bond acceptors (Lipinski definition) is 4. The number of rotatable bonds is 3. The monoisotopic (exact) mass is 289 g/mol. The van der Waals surface area contributed by atoms with Crippen LogP contribution in [0.3, 0.4) is 0 Å². The van der Waals surface area contributed by atoms with Crippen molar-refractivity contribution in [3.63, 3.8) is 0 Å². The second-order valence-electron chi connectivity index (χ2n) is 4.39. The number of H-pyrrole nitrogens is 1. The van der Waals surface area contributed by atoms with E-state index in [1.165, 1.54) is 10.6 Å². The van der Waals surface area contributed by atoms with Gasteiger partial charge in [-0.2, -0.15) is 9.50 Å². The van der Waals surface area contributed by atoms with Crippen LogP contribution in [0.2, 0.25) is 5.02 Å². The Balaban J connectivity index is 1.87. The molecule has 0 radical (unpaired) electrons. The van der Waals surface area contributed by atoms with Gasteiger partial charge in [0.1, 0.15) is 0 Å². The summed E-state index contributed by atoms with van der Waals surface area (Å²) in [5.41, 5.74) is 1.40. The van der Waals surface area contributed by atoms with Gasteiger partial charge in [-0.05, 0) is 18.6 Å². The highest BCUT2D eigenvalue weighted by Gasteiger charge is 2.06. The molecular formula is C13H12ClN5O. The smallest absolute Gasteiger partial charge is 0.274 e. The molecule has 20 heavy (non-hydrogen) atoms. The zero-order chi connectivity index (χ0) is 14.1. The summed E-state index contributed by atoms with van der Waals surface area (Å²) in [5, 5.41) is 6.63. The number of nitrogens with zero attached hydrogens (tertiary/aromatic N) is 3. The van der Waals surface area contributed by atoms with E-state index in [-0.39, 0.29) is 5.56 Å². The minimum atomic E-state index is -0.189. The lowest BCUT2D eigenvalue weighted by Gasteiger charge is -2.04. The predicted octanol–water partition coefficient (Wildman–Crippen LogP) is 1.99. The molecule has 0 amide bonds. The molecule has 1 aromatic carbocycles. The summed E-state index contributed by atoms with van der Waals surface area (Å²) in [6, 6.07) is 8.98. The van der Waals surface area contributed by atoms with Gasteiger partial charge < -0.3 is 5.32 Å². The third-order valence-electron chi connectivity index (χ3n) is 2.86. The van der Waals surface area contributed by atoms with Gasteiger partial charge in [-0.1, -0.05) is 29.8 Å². The van der Waals surface area contributed by atoms with E-state index in [1.807, 2.05) is 24.3 Å². The lowest BCUT2D eigenvalue weighted by molar-refractivity contribution is 0.886. The maximum Gasteiger partial charge on any atom is 0.274 e. The van der Waals surface area contributed by atoms with Gasteiger partial charge in [-0.15, -0.1) is 0 Å². The molecule has 0 aliphatic heterocycles. The summed E-state index contributed by atoms with van der Waals surface area (Å²) in [5.74, 6) is 0.816. The van der Waals surface area contributed by atoms with Crippen molar-refractivity contribution in [1.29, 1.82) is 0 Å². The number of aryl methyl sites for hydroxylation is 1. The van der Waals surface area contributed by atoms with Gasteiger partial charge in [0, 0.05) is 23.3 Å². The van der Waals surface area contributed by atoms with Gasteiger partial charge in [0.2, 0.25) is 5.95 Å². The maximum atomic E-state index is 11.7. The summed E-state index contributed by atoms with van der Waals surface area (Å²) < 4.78 is 1.29. The number of aromatic amines is 1. The van der Waals surface area contributed by atoms with Crippen LogP contribution >= 0.6 is 11.6 Å². The Morgan fingerprint density at radius 2 is 2.15 bits per heavy atom. The average molecular weight is 290 g/mol. The van der Waals surface area contributed by atoms with Crippen LogP contribution < -0.4 is 10.9 Å². The average Bonchev–Trinajstić information content (AvgIpc) is 2.81. The summed E-state index contributed by atoms with van der Waals surface area (Å²) >= 11 is 6.08. The zero-order valence-electron chi connectivity index (χ0n) is 10.7. The molecule has 0 atom stereocenters. The summed E-state index contributed by atoms with van der Waals surface area (Å²) in [4.78, 5) is 20.1. The summed E-state index contributed by atoms with van der Waals surface area (Å²) in [6.07, 6.45) is 0. The van der Waals surface area contributed by atoms with Crippen molar-refractivity contribution in [2.75, 3.05) is 5.32 Å². The first-order chi connectivity index (χ1) is 9.63.